The van der Waals surface area contributed by atoms with Gasteiger partial charge in [0.05, 0.1) is 36.0 Å². The number of fused-ring (bicyclic) bond motifs is 1. The SMILES string of the molecule is CCCCCO[C@@H]1CC(C(=O)OCC)=C[C@@H](Nc2nc(-c3c[nH]c4ncc(Cl)cc34)ncc2F)[C@H]1NC(C)=O. The van der Waals surface area contributed by atoms with E-state index in [4.69, 9.17) is 21.1 Å². The molecule has 0 radical (unpaired) electrons. The van der Waals surface area contributed by atoms with E-state index in [0.717, 1.165) is 25.5 Å². The van der Waals surface area contributed by atoms with E-state index in [1.54, 1.807) is 25.3 Å². The van der Waals surface area contributed by atoms with Gasteiger partial charge in [0.15, 0.2) is 17.5 Å². The Hall–Kier alpha value is -3.57. The highest BCUT2D eigenvalue weighted by atomic mass is 35.5. The van der Waals surface area contributed by atoms with E-state index in [1.165, 1.54) is 13.1 Å². The van der Waals surface area contributed by atoms with Crippen LogP contribution in [0.2, 0.25) is 5.02 Å². The van der Waals surface area contributed by atoms with Crippen molar-refractivity contribution < 1.29 is 23.5 Å². The summed E-state index contributed by atoms with van der Waals surface area (Å²) < 4.78 is 26.4. The van der Waals surface area contributed by atoms with Gasteiger partial charge in [-0.25, -0.2) is 24.1 Å². The van der Waals surface area contributed by atoms with Crippen LogP contribution >= 0.6 is 11.6 Å². The van der Waals surface area contributed by atoms with Crippen LogP contribution in [0.5, 0.6) is 0 Å². The number of nitrogens with zero attached hydrogens (tertiary/aromatic N) is 3. The van der Waals surface area contributed by atoms with Gasteiger partial charge >= 0.3 is 5.97 Å². The first-order valence-electron chi connectivity index (χ1n) is 13.0. The van der Waals surface area contributed by atoms with Crippen molar-refractivity contribution in [1.29, 1.82) is 0 Å². The largest absolute Gasteiger partial charge is 0.463 e. The van der Waals surface area contributed by atoms with Gasteiger partial charge in [0, 0.05) is 48.9 Å². The number of anilines is 1. The molecular weight excluding hydrogens is 527 g/mol. The van der Waals surface area contributed by atoms with E-state index in [1.807, 2.05) is 0 Å². The number of pyridine rings is 1. The van der Waals surface area contributed by atoms with Crippen LogP contribution in [-0.4, -0.2) is 63.2 Å². The summed E-state index contributed by atoms with van der Waals surface area (Å²) in [4.78, 5) is 40.7. The van der Waals surface area contributed by atoms with Crippen LogP contribution in [0, 0.1) is 5.82 Å². The number of rotatable bonds is 11. The first-order valence-corrected chi connectivity index (χ1v) is 13.4. The number of halogens is 2. The van der Waals surface area contributed by atoms with Gasteiger partial charge in [-0.2, -0.15) is 0 Å². The summed E-state index contributed by atoms with van der Waals surface area (Å²) in [7, 11) is 0. The average molecular weight is 559 g/mol. The Balaban J connectivity index is 1.69. The van der Waals surface area contributed by atoms with Crippen molar-refractivity contribution in [1.82, 2.24) is 25.3 Å². The number of hydrogen-bond acceptors (Lipinski definition) is 8. The number of esters is 1. The lowest BCUT2D eigenvalue weighted by Crippen LogP contribution is -2.56. The van der Waals surface area contributed by atoms with E-state index >= 15 is 4.39 Å². The Morgan fingerprint density at radius 3 is 2.79 bits per heavy atom. The molecular formula is C27H32ClFN6O4. The molecule has 1 aliphatic rings. The van der Waals surface area contributed by atoms with Gasteiger partial charge in [-0.1, -0.05) is 31.4 Å². The van der Waals surface area contributed by atoms with Crippen molar-refractivity contribution >= 4 is 40.3 Å². The van der Waals surface area contributed by atoms with Crippen molar-refractivity contribution in [3.8, 4) is 11.4 Å². The summed E-state index contributed by atoms with van der Waals surface area (Å²) in [6.45, 7) is 5.88. The van der Waals surface area contributed by atoms with E-state index < -0.39 is 30.0 Å². The van der Waals surface area contributed by atoms with E-state index in [0.29, 0.717) is 33.8 Å². The maximum Gasteiger partial charge on any atom is 0.333 e. The zero-order valence-corrected chi connectivity index (χ0v) is 22.8. The molecule has 3 aromatic rings. The van der Waals surface area contributed by atoms with Gasteiger partial charge in [0.1, 0.15) is 5.65 Å². The number of carbonyl (C=O) groups excluding carboxylic acids is 2. The summed E-state index contributed by atoms with van der Waals surface area (Å²) in [6.07, 6.45) is 8.44. The van der Waals surface area contributed by atoms with Crippen LogP contribution in [0.4, 0.5) is 10.2 Å². The summed E-state index contributed by atoms with van der Waals surface area (Å²) in [6, 6.07) is 0.393. The van der Waals surface area contributed by atoms with Crippen LogP contribution in [0.3, 0.4) is 0 Å². The molecule has 0 saturated carbocycles. The Kier molecular flexibility index (Phi) is 9.47. The van der Waals surface area contributed by atoms with Crippen LogP contribution < -0.4 is 10.6 Å². The fourth-order valence-corrected chi connectivity index (χ4v) is 4.71. The number of aromatic nitrogens is 4. The maximum absolute atomic E-state index is 15.0. The molecule has 0 bridgehead atoms. The fraction of sp³-hybridized carbons (Fsp3) is 0.444. The Morgan fingerprint density at radius 1 is 1.23 bits per heavy atom. The van der Waals surface area contributed by atoms with Crippen LogP contribution in [0.25, 0.3) is 22.4 Å². The van der Waals surface area contributed by atoms with Crippen molar-refractivity contribution in [2.24, 2.45) is 0 Å². The fourth-order valence-electron chi connectivity index (χ4n) is 4.56. The number of aromatic amines is 1. The predicted molar refractivity (Wildman–Crippen MR) is 146 cm³/mol. The number of nitrogens with one attached hydrogen (secondary N) is 3. The highest BCUT2D eigenvalue weighted by molar-refractivity contribution is 6.31. The number of unbranched alkanes of at least 4 members (excludes halogenated alkanes) is 2. The zero-order valence-electron chi connectivity index (χ0n) is 22.1. The monoisotopic (exact) mass is 558 g/mol. The number of amides is 1. The second kappa shape index (κ2) is 13.0. The summed E-state index contributed by atoms with van der Waals surface area (Å²) >= 11 is 6.13. The zero-order chi connectivity index (χ0) is 27.9. The molecule has 0 spiro atoms. The smallest absolute Gasteiger partial charge is 0.333 e. The summed E-state index contributed by atoms with van der Waals surface area (Å²) in [5.41, 5.74) is 1.55. The van der Waals surface area contributed by atoms with Crippen molar-refractivity contribution in [3.05, 3.63) is 47.1 Å². The van der Waals surface area contributed by atoms with Crippen molar-refractivity contribution in [2.75, 3.05) is 18.5 Å². The summed E-state index contributed by atoms with van der Waals surface area (Å²) in [5, 5.41) is 7.09. The van der Waals surface area contributed by atoms with Gasteiger partial charge in [-0.15, -0.1) is 0 Å². The Morgan fingerprint density at radius 2 is 2.05 bits per heavy atom. The molecule has 3 atom stereocenters. The summed E-state index contributed by atoms with van der Waals surface area (Å²) in [5.74, 6) is -1.33. The molecule has 1 amide bonds. The highest BCUT2D eigenvalue weighted by Crippen LogP contribution is 2.30. The molecule has 0 unspecified atom stereocenters. The Bertz CT molecular complexity index is 1360. The normalized spacial score (nSPS) is 19.0. The molecule has 39 heavy (non-hydrogen) atoms. The number of ether oxygens (including phenoxy) is 2. The quantitative estimate of drug-likeness (QED) is 0.230. The van der Waals surface area contributed by atoms with Crippen LogP contribution in [0.1, 0.15) is 46.5 Å². The molecule has 3 aromatic heterocycles. The third-order valence-electron chi connectivity index (χ3n) is 6.36. The van der Waals surface area contributed by atoms with Gasteiger partial charge in [-0.05, 0) is 25.5 Å². The third-order valence-corrected chi connectivity index (χ3v) is 6.57. The number of carbonyl (C=O) groups is 2. The lowest BCUT2D eigenvalue weighted by molar-refractivity contribution is -0.139. The van der Waals surface area contributed by atoms with E-state index in [-0.39, 0.29) is 30.6 Å². The molecule has 10 nitrogen and oxygen atoms in total. The van der Waals surface area contributed by atoms with Crippen molar-refractivity contribution in [3.63, 3.8) is 0 Å². The topological polar surface area (TPSA) is 131 Å². The lowest BCUT2D eigenvalue weighted by Gasteiger charge is -2.37. The molecule has 0 saturated heterocycles. The minimum Gasteiger partial charge on any atom is -0.463 e. The van der Waals surface area contributed by atoms with Crippen LogP contribution in [0.15, 0.2) is 36.3 Å². The first kappa shape index (κ1) is 28.4. The number of hydrogen-bond donors (Lipinski definition) is 3. The molecule has 0 aromatic carbocycles. The molecule has 4 rings (SSSR count). The minimum atomic E-state index is -0.727. The first-order chi connectivity index (χ1) is 18.8. The second-order valence-corrected chi connectivity index (χ2v) is 9.71. The third kappa shape index (κ3) is 6.90. The van der Waals surface area contributed by atoms with Gasteiger partial charge in [0.2, 0.25) is 5.91 Å². The maximum atomic E-state index is 15.0. The molecule has 0 aliphatic heterocycles. The van der Waals surface area contributed by atoms with E-state index in [9.17, 15) is 9.59 Å². The molecule has 12 heteroatoms. The van der Waals surface area contributed by atoms with Crippen LogP contribution in [-0.2, 0) is 19.1 Å². The predicted octanol–water partition coefficient (Wildman–Crippen LogP) is 4.57. The minimum absolute atomic E-state index is 0.101. The Labute approximate surface area is 230 Å². The lowest BCUT2D eigenvalue weighted by atomic mass is 9.88. The van der Waals surface area contributed by atoms with Gasteiger partial charge < -0.3 is 25.1 Å². The average Bonchev–Trinajstić information content (AvgIpc) is 3.32. The molecule has 3 heterocycles. The van der Waals surface area contributed by atoms with Gasteiger partial charge in [-0.3, -0.25) is 4.79 Å². The molecule has 208 valence electrons. The van der Waals surface area contributed by atoms with E-state index in [2.05, 4.69) is 37.5 Å². The molecule has 3 N–H and O–H groups in total. The highest BCUT2D eigenvalue weighted by Gasteiger charge is 2.37. The molecule has 1 aliphatic carbocycles. The molecule has 0 fully saturated rings. The van der Waals surface area contributed by atoms with Crippen molar-refractivity contribution in [2.45, 2.75) is 64.6 Å². The van der Waals surface area contributed by atoms with Gasteiger partial charge in [0.25, 0.3) is 0 Å². The standard InChI is InChI=1S/C27H32ClFN6O4/c1-4-6-7-8-39-22-10-16(27(37)38-5-2)9-21(23(22)33-15(3)36)34-26-20(29)14-32-25(35-26)19-13-31-24-18(19)11-17(28)12-30-24/h9,11-14,21-23H,4-8,10H2,1-3H3,(H,30,31)(H,33,36)(H,32,34,35)/t21-,22-,23-/m1/s1. The number of H-pyrrole nitrogens is 1. The second-order valence-electron chi connectivity index (χ2n) is 9.27.